The molecule has 0 spiro atoms. The van der Waals surface area contributed by atoms with Gasteiger partial charge in [0.1, 0.15) is 0 Å². The van der Waals surface area contributed by atoms with Gasteiger partial charge in [-0.15, -0.1) is 0 Å². The van der Waals surface area contributed by atoms with E-state index < -0.39 is 0 Å². The number of rotatable bonds is 5. The summed E-state index contributed by atoms with van der Waals surface area (Å²) in [5.74, 6) is -0.571. The SMILES string of the molecule is CNC(=O)c1ccccc1NC(=O)/C=C\c1c(C)nn(-c2ccccc2)c1C. The Hall–Kier alpha value is -3.67. The van der Waals surface area contributed by atoms with Crippen LogP contribution in [0.25, 0.3) is 11.8 Å². The van der Waals surface area contributed by atoms with Crippen LogP contribution in [0.5, 0.6) is 0 Å². The van der Waals surface area contributed by atoms with E-state index in [-0.39, 0.29) is 11.8 Å². The highest BCUT2D eigenvalue weighted by Crippen LogP contribution is 2.19. The molecule has 6 heteroatoms. The maximum Gasteiger partial charge on any atom is 0.253 e. The fourth-order valence-corrected chi connectivity index (χ4v) is 2.97. The minimum atomic E-state index is -0.317. The summed E-state index contributed by atoms with van der Waals surface area (Å²) < 4.78 is 1.85. The number of aromatic nitrogens is 2. The molecule has 0 aliphatic heterocycles. The van der Waals surface area contributed by atoms with E-state index in [4.69, 9.17) is 0 Å². The molecule has 2 N–H and O–H groups in total. The van der Waals surface area contributed by atoms with Crippen molar-refractivity contribution in [1.82, 2.24) is 15.1 Å². The zero-order chi connectivity index (χ0) is 20.1. The summed E-state index contributed by atoms with van der Waals surface area (Å²) in [5.41, 5.74) is 4.50. The minimum absolute atomic E-state index is 0.254. The molecule has 0 aliphatic carbocycles. The Morgan fingerprint density at radius 3 is 2.39 bits per heavy atom. The number of carbonyl (C=O) groups is 2. The third-order valence-corrected chi connectivity index (χ3v) is 4.41. The van der Waals surface area contributed by atoms with Crippen LogP contribution in [-0.4, -0.2) is 28.6 Å². The second-order valence-corrected chi connectivity index (χ2v) is 6.28. The molecular formula is C22H22N4O2. The molecule has 0 saturated carbocycles. The Labute approximate surface area is 163 Å². The van der Waals surface area contributed by atoms with Gasteiger partial charge in [-0.25, -0.2) is 4.68 Å². The summed E-state index contributed by atoms with van der Waals surface area (Å²) in [6, 6.07) is 16.7. The highest BCUT2D eigenvalue weighted by molar-refractivity contribution is 6.07. The normalized spacial score (nSPS) is 10.8. The highest BCUT2D eigenvalue weighted by Gasteiger charge is 2.12. The van der Waals surface area contributed by atoms with Crippen molar-refractivity contribution in [2.75, 3.05) is 12.4 Å². The molecule has 1 heterocycles. The molecule has 2 amide bonds. The van der Waals surface area contributed by atoms with Gasteiger partial charge in [-0.3, -0.25) is 9.59 Å². The number of nitrogens with zero attached hydrogens (tertiary/aromatic N) is 2. The van der Waals surface area contributed by atoms with Gasteiger partial charge in [0, 0.05) is 24.4 Å². The summed E-state index contributed by atoms with van der Waals surface area (Å²) in [5, 5.41) is 9.90. The summed E-state index contributed by atoms with van der Waals surface area (Å²) in [6.45, 7) is 3.87. The molecule has 0 unspecified atom stereocenters. The first-order chi connectivity index (χ1) is 13.5. The molecule has 0 radical (unpaired) electrons. The van der Waals surface area contributed by atoms with Crippen LogP contribution >= 0.6 is 0 Å². The Kier molecular flexibility index (Phi) is 5.69. The Bertz CT molecular complexity index is 1040. The largest absolute Gasteiger partial charge is 0.355 e. The van der Waals surface area contributed by atoms with Gasteiger partial charge in [0.2, 0.25) is 5.91 Å². The maximum atomic E-state index is 12.4. The summed E-state index contributed by atoms with van der Waals surface area (Å²) >= 11 is 0. The highest BCUT2D eigenvalue weighted by atomic mass is 16.2. The van der Waals surface area contributed by atoms with Crippen molar-refractivity contribution in [3.05, 3.63) is 83.2 Å². The topological polar surface area (TPSA) is 76.0 Å². The fourth-order valence-electron chi connectivity index (χ4n) is 2.97. The van der Waals surface area contributed by atoms with Crippen LogP contribution in [0.1, 0.15) is 27.3 Å². The summed E-state index contributed by atoms with van der Waals surface area (Å²) in [6.07, 6.45) is 3.20. The van der Waals surface area contributed by atoms with E-state index in [9.17, 15) is 9.59 Å². The molecule has 6 nitrogen and oxygen atoms in total. The van der Waals surface area contributed by atoms with Crippen LogP contribution in [0.2, 0.25) is 0 Å². The predicted molar refractivity (Wildman–Crippen MR) is 111 cm³/mol. The van der Waals surface area contributed by atoms with Crippen LogP contribution in [0.3, 0.4) is 0 Å². The van der Waals surface area contributed by atoms with E-state index in [1.54, 1.807) is 37.4 Å². The molecule has 28 heavy (non-hydrogen) atoms. The molecule has 0 bridgehead atoms. The van der Waals surface area contributed by atoms with Crippen molar-refractivity contribution in [2.45, 2.75) is 13.8 Å². The lowest BCUT2D eigenvalue weighted by atomic mass is 10.1. The standard InChI is InChI=1S/C22H22N4O2/c1-15-18(16(2)26(25-15)17-9-5-4-6-10-17)13-14-21(27)24-20-12-8-7-11-19(20)22(28)23-3/h4-14H,1-3H3,(H,23,28)(H,24,27)/b14-13-. The van der Waals surface area contributed by atoms with Gasteiger partial charge in [-0.1, -0.05) is 30.3 Å². The van der Waals surface area contributed by atoms with Crippen LogP contribution in [0.4, 0.5) is 5.69 Å². The van der Waals surface area contributed by atoms with Gasteiger partial charge in [0.15, 0.2) is 0 Å². The van der Waals surface area contributed by atoms with Crippen molar-refractivity contribution < 1.29 is 9.59 Å². The molecule has 0 saturated heterocycles. The van der Waals surface area contributed by atoms with E-state index in [0.717, 1.165) is 22.6 Å². The number of amides is 2. The van der Waals surface area contributed by atoms with Gasteiger partial charge in [-0.05, 0) is 44.2 Å². The number of hydrogen-bond acceptors (Lipinski definition) is 3. The van der Waals surface area contributed by atoms with E-state index in [2.05, 4.69) is 15.7 Å². The van der Waals surface area contributed by atoms with Crippen LogP contribution in [0.15, 0.2) is 60.7 Å². The zero-order valence-electron chi connectivity index (χ0n) is 16.1. The first-order valence-corrected chi connectivity index (χ1v) is 8.93. The number of carbonyl (C=O) groups excluding carboxylic acids is 2. The van der Waals surface area contributed by atoms with Crippen molar-refractivity contribution >= 4 is 23.6 Å². The number of nitrogens with one attached hydrogen (secondary N) is 2. The number of anilines is 1. The third kappa shape index (κ3) is 4.01. The molecule has 2 aromatic carbocycles. The van der Waals surface area contributed by atoms with E-state index >= 15 is 0 Å². The Morgan fingerprint density at radius 1 is 1.00 bits per heavy atom. The lowest BCUT2D eigenvalue weighted by Crippen LogP contribution is -2.20. The summed E-state index contributed by atoms with van der Waals surface area (Å²) in [4.78, 5) is 24.3. The van der Waals surface area contributed by atoms with Gasteiger partial charge in [0.25, 0.3) is 5.91 Å². The van der Waals surface area contributed by atoms with Crippen molar-refractivity contribution in [3.63, 3.8) is 0 Å². The average Bonchev–Trinajstić information content (AvgIpc) is 3.00. The first-order valence-electron chi connectivity index (χ1n) is 8.93. The van der Waals surface area contributed by atoms with Crippen LogP contribution in [0, 0.1) is 13.8 Å². The number of benzene rings is 2. The molecular weight excluding hydrogens is 352 g/mol. The van der Waals surface area contributed by atoms with E-state index in [1.807, 2.05) is 48.9 Å². The maximum absolute atomic E-state index is 12.4. The van der Waals surface area contributed by atoms with Crippen molar-refractivity contribution in [2.24, 2.45) is 0 Å². The van der Waals surface area contributed by atoms with Crippen molar-refractivity contribution in [3.8, 4) is 5.69 Å². The van der Waals surface area contributed by atoms with Crippen LogP contribution in [-0.2, 0) is 4.79 Å². The van der Waals surface area contributed by atoms with Gasteiger partial charge >= 0.3 is 0 Å². The van der Waals surface area contributed by atoms with Crippen molar-refractivity contribution in [1.29, 1.82) is 0 Å². The summed E-state index contributed by atoms with van der Waals surface area (Å²) in [7, 11) is 1.55. The molecule has 0 atom stereocenters. The second-order valence-electron chi connectivity index (χ2n) is 6.28. The molecule has 142 valence electrons. The average molecular weight is 374 g/mol. The van der Waals surface area contributed by atoms with Gasteiger partial charge < -0.3 is 10.6 Å². The molecule has 3 aromatic rings. The van der Waals surface area contributed by atoms with E-state index in [0.29, 0.717) is 11.3 Å². The Morgan fingerprint density at radius 2 is 1.68 bits per heavy atom. The first kappa shape index (κ1) is 19.1. The molecule has 0 aliphatic rings. The molecule has 1 aromatic heterocycles. The smallest absolute Gasteiger partial charge is 0.253 e. The minimum Gasteiger partial charge on any atom is -0.355 e. The lowest BCUT2D eigenvalue weighted by Gasteiger charge is -2.08. The quantitative estimate of drug-likeness (QED) is 0.671. The third-order valence-electron chi connectivity index (χ3n) is 4.41. The number of aryl methyl sites for hydroxylation is 1. The van der Waals surface area contributed by atoms with E-state index in [1.165, 1.54) is 6.08 Å². The fraction of sp³-hybridized carbons (Fsp3) is 0.136. The second kappa shape index (κ2) is 8.35. The molecule has 0 fully saturated rings. The lowest BCUT2D eigenvalue weighted by molar-refractivity contribution is -0.111. The number of hydrogen-bond donors (Lipinski definition) is 2. The Balaban J connectivity index is 1.81. The number of para-hydroxylation sites is 2. The predicted octanol–water partition coefficient (Wildman–Crippen LogP) is 3.50. The zero-order valence-corrected chi connectivity index (χ0v) is 16.1. The van der Waals surface area contributed by atoms with Gasteiger partial charge in [0.05, 0.1) is 22.6 Å². The molecule has 3 rings (SSSR count). The monoisotopic (exact) mass is 374 g/mol. The van der Waals surface area contributed by atoms with Crippen LogP contribution < -0.4 is 10.6 Å². The van der Waals surface area contributed by atoms with Gasteiger partial charge in [-0.2, -0.15) is 5.10 Å².